The van der Waals surface area contributed by atoms with Crippen molar-refractivity contribution < 1.29 is 0 Å². The molecule has 4 aliphatic carbocycles. The van der Waals surface area contributed by atoms with Crippen LogP contribution in [0.2, 0.25) is 0 Å². The largest absolute Gasteiger partial charge is 0.0610 e. The zero-order valence-corrected chi connectivity index (χ0v) is 8.77. The van der Waals surface area contributed by atoms with Gasteiger partial charge in [0.2, 0.25) is 0 Å². The minimum atomic E-state index is 1.34. The first-order valence-electron chi connectivity index (χ1n) is 5.56. The molecule has 0 unspecified atom stereocenters. The number of hydrogen-bond donors (Lipinski definition) is 0. The van der Waals surface area contributed by atoms with E-state index < -0.39 is 0 Å². The van der Waals surface area contributed by atoms with Crippen molar-refractivity contribution in [3.05, 3.63) is 94.2 Å². The molecule has 0 aromatic carbocycles. The Morgan fingerprint density at radius 3 is 1.44 bits per heavy atom. The van der Waals surface area contributed by atoms with Gasteiger partial charge < -0.3 is 0 Å². The molecule has 0 atom stereocenters. The Hall–Kier alpha value is -2.08. The zero-order chi connectivity index (χ0) is 10.5. The van der Waals surface area contributed by atoms with Crippen molar-refractivity contribution in [1.82, 2.24) is 0 Å². The van der Waals surface area contributed by atoms with Crippen LogP contribution in [0.1, 0.15) is 0 Å². The molecule has 0 nitrogen and oxygen atoms in total. The fraction of sp³-hybridized carbons (Fsp3) is 0. The Balaban J connectivity index is 1.77. The summed E-state index contributed by atoms with van der Waals surface area (Å²) in [5.74, 6) is 0. The summed E-state index contributed by atoms with van der Waals surface area (Å²) in [6, 6.07) is 0. The third-order valence-electron chi connectivity index (χ3n) is 3.43. The number of rotatable bonds is 1. The van der Waals surface area contributed by atoms with Gasteiger partial charge in [0.25, 0.3) is 0 Å². The number of fused-ring (bicyclic) bond motifs is 2. The van der Waals surface area contributed by atoms with Crippen molar-refractivity contribution in [3.8, 4) is 0 Å². The van der Waals surface area contributed by atoms with Gasteiger partial charge in [0.15, 0.2) is 0 Å². The highest BCUT2D eigenvalue weighted by molar-refractivity contribution is 5.78. The molecular weight excluding hydrogens is 192 g/mol. The lowest BCUT2D eigenvalue weighted by Crippen LogP contribution is -1.92. The first-order chi connectivity index (χ1) is 7.93. The summed E-state index contributed by atoms with van der Waals surface area (Å²) in [6.07, 6.45) is 21.9. The van der Waals surface area contributed by atoms with Gasteiger partial charge in [-0.2, -0.15) is 0 Å². The Morgan fingerprint density at radius 2 is 0.938 bits per heavy atom. The van der Waals surface area contributed by atoms with E-state index in [1.807, 2.05) is 0 Å². The van der Waals surface area contributed by atoms with Crippen LogP contribution in [0.25, 0.3) is 0 Å². The molecule has 0 heteroatoms. The average Bonchev–Trinajstić information content (AvgIpc) is 2.97. The van der Waals surface area contributed by atoms with Crippen LogP contribution in [0.15, 0.2) is 94.2 Å². The maximum atomic E-state index is 2.23. The molecule has 4 rings (SSSR count). The number of allylic oxidation sites excluding steroid dienone is 16. The fourth-order valence-corrected chi connectivity index (χ4v) is 2.64. The molecule has 4 aliphatic rings. The Morgan fingerprint density at radius 1 is 0.438 bits per heavy atom. The molecule has 0 aromatic heterocycles. The molecule has 74 valence electrons. The van der Waals surface area contributed by atoms with Crippen molar-refractivity contribution in [3.63, 3.8) is 0 Å². The van der Waals surface area contributed by atoms with Crippen LogP contribution in [0, 0.1) is 0 Å². The van der Waals surface area contributed by atoms with E-state index in [0.717, 1.165) is 0 Å². The van der Waals surface area contributed by atoms with Gasteiger partial charge >= 0.3 is 0 Å². The minimum Gasteiger partial charge on any atom is -0.0610 e. The van der Waals surface area contributed by atoms with E-state index >= 15 is 0 Å². The predicted octanol–water partition coefficient (Wildman–Crippen LogP) is 3.71. The molecule has 0 saturated carbocycles. The second-order valence-corrected chi connectivity index (χ2v) is 4.28. The van der Waals surface area contributed by atoms with E-state index in [-0.39, 0.29) is 0 Å². The van der Waals surface area contributed by atoms with Crippen LogP contribution in [-0.2, 0) is 0 Å². The highest BCUT2D eigenvalue weighted by Crippen LogP contribution is 2.42. The van der Waals surface area contributed by atoms with Crippen LogP contribution in [0.3, 0.4) is 0 Å². The highest BCUT2D eigenvalue weighted by Gasteiger charge is 2.25. The van der Waals surface area contributed by atoms with E-state index in [2.05, 4.69) is 60.8 Å². The van der Waals surface area contributed by atoms with Gasteiger partial charge in [0.05, 0.1) is 0 Å². The van der Waals surface area contributed by atoms with Crippen molar-refractivity contribution >= 4 is 0 Å². The Labute approximate surface area is 94.7 Å². The summed E-state index contributed by atoms with van der Waals surface area (Å²) < 4.78 is 0. The van der Waals surface area contributed by atoms with Gasteiger partial charge in [-0.15, -0.1) is 0 Å². The average molecular weight is 202 g/mol. The molecule has 0 spiro atoms. The second-order valence-electron chi connectivity index (χ2n) is 4.28. The standard InChI is InChI=1S/C16H10/c1-3-11-7-9-15(13(11)5-1)16-10-8-12-4-2-6-14(12)16/h1-10H. The molecule has 0 fully saturated rings. The normalized spacial score (nSPS) is 23.5. The summed E-state index contributed by atoms with van der Waals surface area (Å²) >= 11 is 0. The molecule has 0 heterocycles. The molecule has 0 bridgehead atoms. The van der Waals surface area contributed by atoms with E-state index in [1.165, 1.54) is 33.4 Å². The van der Waals surface area contributed by atoms with Crippen molar-refractivity contribution in [2.45, 2.75) is 0 Å². The minimum absolute atomic E-state index is 1.34. The van der Waals surface area contributed by atoms with Gasteiger partial charge in [-0.1, -0.05) is 60.8 Å². The summed E-state index contributed by atoms with van der Waals surface area (Å²) in [7, 11) is 0. The van der Waals surface area contributed by atoms with Gasteiger partial charge in [-0.3, -0.25) is 0 Å². The van der Waals surface area contributed by atoms with E-state index in [1.54, 1.807) is 0 Å². The molecule has 0 N–H and O–H groups in total. The van der Waals surface area contributed by atoms with Crippen LogP contribution in [0.4, 0.5) is 0 Å². The zero-order valence-electron chi connectivity index (χ0n) is 8.77. The molecule has 0 saturated heterocycles. The molecular formula is C16H10. The Kier molecular flexibility index (Phi) is 1.39. The maximum absolute atomic E-state index is 2.23. The lowest BCUT2D eigenvalue weighted by molar-refractivity contribution is 1.44. The molecule has 0 aromatic rings. The molecule has 0 radical (unpaired) electrons. The lowest BCUT2D eigenvalue weighted by Gasteiger charge is -2.09. The quantitative estimate of drug-likeness (QED) is 0.608. The topological polar surface area (TPSA) is 0 Å². The first-order valence-corrected chi connectivity index (χ1v) is 5.56. The smallest absolute Gasteiger partial charge is 0.00990 e. The SMILES string of the molecule is C1=CC2=CC=C(C3=CC=C4C=CC=C43)C2=C1. The Bertz CT molecular complexity index is 578. The maximum Gasteiger partial charge on any atom is -0.00990 e. The summed E-state index contributed by atoms with van der Waals surface area (Å²) in [6.45, 7) is 0. The van der Waals surface area contributed by atoms with Crippen molar-refractivity contribution in [2.24, 2.45) is 0 Å². The van der Waals surface area contributed by atoms with E-state index in [0.29, 0.717) is 0 Å². The third-order valence-corrected chi connectivity index (χ3v) is 3.43. The third kappa shape index (κ3) is 0.892. The van der Waals surface area contributed by atoms with Gasteiger partial charge in [0.1, 0.15) is 0 Å². The van der Waals surface area contributed by atoms with E-state index in [9.17, 15) is 0 Å². The summed E-state index contributed by atoms with van der Waals surface area (Å²) in [4.78, 5) is 0. The lowest BCUT2D eigenvalue weighted by atomic mass is 9.94. The monoisotopic (exact) mass is 202 g/mol. The van der Waals surface area contributed by atoms with Crippen molar-refractivity contribution in [2.75, 3.05) is 0 Å². The summed E-state index contributed by atoms with van der Waals surface area (Å²) in [5.41, 5.74) is 8.15. The second kappa shape index (κ2) is 2.73. The van der Waals surface area contributed by atoms with Crippen LogP contribution in [-0.4, -0.2) is 0 Å². The van der Waals surface area contributed by atoms with Crippen molar-refractivity contribution in [1.29, 1.82) is 0 Å². The van der Waals surface area contributed by atoms with Crippen LogP contribution < -0.4 is 0 Å². The van der Waals surface area contributed by atoms with Gasteiger partial charge in [0, 0.05) is 0 Å². The van der Waals surface area contributed by atoms with E-state index in [4.69, 9.17) is 0 Å². The first kappa shape index (κ1) is 8.12. The predicted molar refractivity (Wildman–Crippen MR) is 66.8 cm³/mol. The molecule has 0 amide bonds. The number of hydrogen-bond acceptors (Lipinski definition) is 0. The fourth-order valence-electron chi connectivity index (χ4n) is 2.64. The van der Waals surface area contributed by atoms with Crippen LogP contribution >= 0.6 is 0 Å². The highest BCUT2D eigenvalue weighted by atomic mass is 14.3. The van der Waals surface area contributed by atoms with Crippen LogP contribution in [0.5, 0.6) is 0 Å². The molecule has 16 heavy (non-hydrogen) atoms. The van der Waals surface area contributed by atoms with Gasteiger partial charge in [-0.25, -0.2) is 0 Å². The summed E-state index contributed by atoms with van der Waals surface area (Å²) in [5, 5.41) is 0. The molecule has 0 aliphatic heterocycles. The van der Waals surface area contributed by atoms with Gasteiger partial charge in [-0.05, 0) is 33.4 Å².